The van der Waals surface area contributed by atoms with Gasteiger partial charge in [0.2, 0.25) is 5.91 Å². The average Bonchev–Trinajstić information content (AvgIpc) is 2.21. The molecule has 0 saturated heterocycles. The third-order valence-electron chi connectivity index (χ3n) is 3.27. The molecule has 1 aliphatic rings. The van der Waals surface area contributed by atoms with Crippen molar-refractivity contribution in [3.8, 4) is 0 Å². The standard InChI is InChI=1S/C12H21NO3/c1-9(12(15)16-3)8-13(2)11(14)7-10-5-4-6-10/h9-10H,4-8H2,1-3H3. The summed E-state index contributed by atoms with van der Waals surface area (Å²) in [5.41, 5.74) is 0. The second-order valence-electron chi connectivity index (χ2n) is 4.70. The van der Waals surface area contributed by atoms with E-state index in [4.69, 9.17) is 0 Å². The normalized spacial score (nSPS) is 17.4. The van der Waals surface area contributed by atoms with Crippen molar-refractivity contribution in [1.82, 2.24) is 4.90 Å². The number of esters is 1. The van der Waals surface area contributed by atoms with Gasteiger partial charge in [-0.1, -0.05) is 13.3 Å². The zero-order valence-electron chi connectivity index (χ0n) is 10.4. The van der Waals surface area contributed by atoms with Gasteiger partial charge in [0.05, 0.1) is 13.0 Å². The molecule has 1 unspecified atom stereocenters. The van der Waals surface area contributed by atoms with Gasteiger partial charge in [-0.25, -0.2) is 0 Å². The Morgan fingerprint density at radius 2 is 2.06 bits per heavy atom. The lowest BCUT2D eigenvalue weighted by molar-refractivity contribution is -0.146. The molecule has 0 aliphatic heterocycles. The summed E-state index contributed by atoms with van der Waals surface area (Å²) >= 11 is 0. The number of hydrogen-bond donors (Lipinski definition) is 0. The third-order valence-corrected chi connectivity index (χ3v) is 3.27. The van der Waals surface area contributed by atoms with Gasteiger partial charge in [-0.15, -0.1) is 0 Å². The highest BCUT2D eigenvalue weighted by molar-refractivity contribution is 5.78. The van der Waals surface area contributed by atoms with E-state index in [1.807, 2.05) is 0 Å². The fourth-order valence-electron chi connectivity index (χ4n) is 1.89. The van der Waals surface area contributed by atoms with Crippen LogP contribution in [-0.4, -0.2) is 37.5 Å². The lowest BCUT2D eigenvalue weighted by atomic mass is 9.82. The lowest BCUT2D eigenvalue weighted by Crippen LogP contribution is -2.35. The van der Waals surface area contributed by atoms with Crippen molar-refractivity contribution >= 4 is 11.9 Å². The molecule has 1 amide bonds. The Hall–Kier alpha value is -1.06. The molecule has 1 fully saturated rings. The molecule has 0 radical (unpaired) electrons. The van der Waals surface area contributed by atoms with Crippen LogP contribution in [-0.2, 0) is 14.3 Å². The molecule has 4 heteroatoms. The molecular weight excluding hydrogens is 206 g/mol. The maximum absolute atomic E-state index is 11.8. The average molecular weight is 227 g/mol. The summed E-state index contributed by atoms with van der Waals surface area (Å²) < 4.78 is 4.63. The van der Waals surface area contributed by atoms with Crippen LogP contribution in [0.25, 0.3) is 0 Å². The number of nitrogens with zero attached hydrogens (tertiary/aromatic N) is 1. The smallest absolute Gasteiger partial charge is 0.310 e. The summed E-state index contributed by atoms with van der Waals surface area (Å²) in [6.45, 7) is 2.22. The molecule has 0 bridgehead atoms. The van der Waals surface area contributed by atoms with Crippen LogP contribution in [0.1, 0.15) is 32.6 Å². The SMILES string of the molecule is COC(=O)C(C)CN(C)C(=O)CC1CCC1. The number of ether oxygens (including phenoxy) is 1. The van der Waals surface area contributed by atoms with Crippen LogP contribution >= 0.6 is 0 Å². The topological polar surface area (TPSA) is 46.6 Å². The number of carbonyl (C=O) groups is 2. The molecule has 4 nitrogen and oxygen atoms in total. The Balaban J connectivity index is 2.29. The van der Waals surface area contributed by atoms with Gasteiger partial charge in [0.15, 0.2) is 0 Å². The van der Waals surface area contributed by atoms with Gasteiger partial charge < -0.3 is 9.64 Å². The van der Waals surface area contributed by atoms with Crippen LogP contribution in [0.15, 0.2) is 0 Å². The Morgan fingerprint density at radius 1 is 1.44 bits per heavy atom. The van der Waals surface area contributed by atoms with Crippen molar-refractivity contribution in [2.24, 2.45) is 11.8 Å². The van der Waals surface area contributed by atoms with Crippen molar-refractivity contribution in [2.75, 3.05) is 20.7 Å². The predicted octanol–water partition coefficient (Wildman–Crippen LogP) is 1.44. The summed E-state index contributed by atoms with van der Waals surface area (Å²) in [5, 5.41) is 0. The van der Waals surface area contributed by atoms with Gasteiger partial charge in [-0.3, -0.25) is 9.59 Å². The number of rotatable bonds is 5. The molecule has 16 heavy (non-hydrogen) atoms. The predicted molar refractivity (Wildman–Crippen MR) is 60.8 cm³/mol. The minimum atomic E-state index is -0.261. The van der Waals surface area contributed by atoms with E-state index in [9.17, 15) is 9.59 Å². The molecule has 1 rings (SSSR count). The van der Waals surface area contributed by atoms with Crippen LogP contribution in [0.3, 0.4) is 0 Å². The molecule has 0 aromatic rings. The molecule has 1 aliphatic carbocycles. The van der Waals surface area contributed by atoms with Gasteiger partial charge >= 0.3 is 5.97 Å². The first-order chi connectivity index (χ1) is 7.54. The Labute approximate surface area is 96.9 Å². The first-order valence-corrected chi connectivity index (χ1v) is 5.86. The Kier molecular flexibility index (Phi) is 4.77. The fraction of sp³-hybridized carbons (Fsp3) is 0.833. The highest BCUT2D eigenvalue weighted by Crippen LogP contribution is 2.29. The first-order valence-electron chi connectivity index (χ1n) is 5.86. The van der Waals surface area contributed by atoms with Gasteiger partial charge in [-0.05, 0) is 18.8 Å². The second kappa shape index (κ2) is 5.87. The summed E-state index contributed by atoms with van der Waals surface area (Å²) in [7, 11) is 3.12. The van der Waals surface area contributed by atoms with E-state index in [1.54, 1.807) is 18.9 Å². The number of carbonyl (C=O) groups excluding carboxylic acids is 2. The third kappa shape index (κ3) is 3.51. The van der Waals surface area contributed by atoms with Gasteiger partial charge in [0.25, 0.3) is 0 Å². The van der Waals surface area contributed by atoms with E-state index in [2.05, 4.69) is 4.74 Å². The summed E-state index contributed by atoms with van der Waals surface area (Å²) in [4.78, 5) is 24.6. The zero-order valence-corrected chi connectivity index (χ0v) is 10.4. The molecule has 0 spiro atoms. The van der Waals surface area contributed by atoms with Crippen molar-refractivity contribution < 1.29 is 14.3 Å². The van der Waals surface area contributed by atoms with Crippen molar-refractivity contribution in [3.05, 3.63) is 0 Å². The van der Waals surface area contributed by atoms with E-state index >= 15 is 0 Å². The minimum Gasteiger partial charge on any atom is -0.469 e. The minimum absolute atomic E-state index is 0.139. The number of methoxy groups -OCH3 is 1. The van der Waals surface area contributed by atoms with Crippen molar-refractivity contribution in [3.63, 3.8) is 0 Å². The maximum Gasteiger partial charge on any atom is 0.310 e. The first kappa shape index (κ1) is 13.0. The van der Waals surface area contributed by atoms with Gasteiger partial charge in [-0.2, -0.15) is 0 Å². The van der Waals surface area contributed by atoms with Gasteiger partial charge in [0, 0.05) is 20.0 Å². The van der Waals surface area contributed by atoms with Crippen molar-refractivity contribution in [2.45, 2.75) is 32.6 Å². The summed E-state index contributed by atoms with van der Waals surface area (Å²) in [5.74, 6) is 0.201. The van der Waals surface area contributed by atoms with E-state index in [1.165, 1.54) is 26.4 Å². The van der Waals surface area contributed by atoms with E-state index < -0.39 is 0 Å². The Morgan fingerprint density at radius 3 is 2.50 bits per heavy atom. The molecule has 0 aromatic heterocycles. The molecule has 1 saturated carbocycles. The maximum atomic E-state index is 11.8. The van der Waals surface area contributed by atoms with Crippen LogP contribution in [0.2, 0.25) is 0 Å². The molecule has 0 N–H and O–H groups in total. The van der Waals surface area contributed by atoms with Crippen LogP contribution in [0.4, 0.5) is 0 Å². The summed E-state index contributed by atoms with van der Waals surface area (Å²) in [6.07, 6.45) is 4.23. The molecule has 92 valence electrons. The number of hydrogen-bond acceptors (Lipinski definition) is 3. The fourth-order valence-corrected chi connectivity index (χ4v) is 1.89. The quantitative estimate of drug-likeness (QED) is 0.668. The highest BCUT2D eigenvalue weighted by Gasteiger charge is 2.24. The second-order valence-corrected chi connectivity index (χ2v) is 4.70. The Bertz CT molecular complexity index is 261. The van der Waals surface area contributed by atoms with E-state index in [0.717, 1.165) is 0 Å². The van der Waals surface area contributed by atoms with Crippen molar-refractivity contribution in [1.29, 1.82) is 0 Å². The lowest BCUT2D eigenvalue weighted by Gasteiger charge is -2.27. The molecule has 0 heterocycles. The molecule has 0 aromatic carbocycles. The van der Waals surface area contributed by atoms with Crippen LogP contribution in [0.5, 0.6) is 0 Å². The zero-order chi connectivity index (χ0) is 12.1. The van der Waals surface area contributed by atoms with Crippen LogP contribution < -0.4 is 0 Å². The van der Waals surface area contributed by atoms with Gasteiger partial charge in [0.1, 0.15) is 0 Å². The molecular formula is C12H21NO3. The number of amides is 1. The van der Waals surface area contributed by atoms with Crippen LogP contribution in [0, 0.1) is 11.8 Å². The summed E-state index contributed by atoms with van der Waals surface area (Å²) in [6, 6.07) is 0. The van der Waals surface area contributed by atoms with E-state index in [0.29, 0.717) is 18.9 Å². The highest BCUT2D eigenvalue weighted by atomic mass is 16.5. The van der Waals surface area contributed by atoms with E-state index in [-0.39, 0.29) is 17.8 Å². The largest absolute Gasteiger partial charge is 0.469 e. The monoisotopic (exact) mass is 227 g/mol. The molecule has 1 atom stereocenters.